The standard InChI is InChI=1S/C14H21O4PS/c1-4-17-19(16,18-5-2)20-14(11-12(3)15)13-9-7-6-8-10-13/h6-10,14H,4-5,11H2,1-3H3/t14-/m1/s1. The fourth-order valence-electron chi connectivity index (χ4n) is 1.71. The largest absolute Gasteiger partial charge is 0.389 e. The van der Waals surface area contributed by atoms with Crippen molar-refractivity contribution in [2.24, 2.45) is 0 Å². The maximum atomic E-state index is 12.6. The van der Waals surface area contributed by atoms with Gasteiger partial charge >= 0.3 is 6.80 Å². The summed E-state index contributed by atoms with van der Waals surface area (Å²) < 4.78 is 23.2. The van der Waals surface area contributed by atoms with E-state index in [1.807, 2.05) is 30.3 Å². The minimum atomic E-state index is -3.23. The zero-order valence-electron chi connectivity index (χ0n) is 12.1. The normalized spacial score (nSPS) is 13.2. The van der Waals surface area contributed by atoms with Gasteiger partial charge in [0.2, 0.25) is 0 Å². The van der Waals surface area contributed by atoms with Crippen molar-refractivity contribution in [1.82, 2.24) is 0 Å². The molecule has 0 aliphatic rings. The third kappa shape index (κ3) is 5.80. The molecule has 0 saturated carbocycles. The molecule has 0 aliphatic heterocycles. The number of benzene rings is 1. The Hall–Kier alpha value is -0.610. The summed E-state index contributed by atoms with van der Waals surface area (Å²) in [6, 6.07) is 9.54. The van der Waals surface area contributed by atoms with Gasteiger partial charge in [-0.1, -0.05) is 30.3 Å². The number of hydrogen-bond acceptors (Lipinski definition) is 5. The molecule has 4 nitrogen and oxygen atoms in total. The first-order valence-corrected chi connectivity index (χ1v) is 9.65. The predicted molar refractivity (Wildman–Crippen MR) is 82.9 cm³/mol. The average molecular weight is 316 g/mol. The molecule has 0 aromatic heterocycles. The summed E-state index contributed by atoms with van der Waals surface area (Å²) in [6.45, 7) is 2.47. The highest BCUT2D eigenvalue weighted by Gasteiger charge is 2.31. The predicted octanol–water partition coefficient (Wildman–Crippen LogP) is 4.62. The average Bonchev–Trinajstić information content (AvgIpc) is 2.39. The molecule has 6 heteroatoms. The topological polar surface area (TPSA) is 52.6 Å². The molecule has 1 rings (SSSR count). The van der Waals surface area contributed by atoms with E-state index in [1.165, 1.54) is 6.92 Å². The molecule has 0 N–H and O–H groups in total. The van der Waals surface area contributed by atoms with Crippen LogP contribution in [0.1, 0.15) is 38.0 Å². The molecule has 0 radical (unpaired) electrons. The third-order valence-corrected chi connectivity index (χ3v) is 6.75. The lowest BCUT2D eigenvalue weighted by Crippen LogP contribution is -2.03. The Morgan fingerprint density at radius 1 is 1.20 bits per heavy atom. The van der Waals surface area contributed by atoms with E-state index in [9.17, 15) is 9.36 Å². The van der Waals surface area contributed by atoms with E-state index in [0.717, 1.165) is 16.9 Å². The minimum Gasteiger partial charge on any atom is -0.301 e. The Bertz CT molecular complexity index is 454. The smallest absolute Gasteiger partial charge is 0.301 e. The van der Waals surface area contributed by atoms with Crippen LogP contribution < -0.4 is 0 Å². The molecule has 0 fully saturated rings. The van der Waals surface area contributed by atoms with E-state index in [0.29, 0.717) is 19.6 Å². The zero-order valence-corrected chi connectivity index (χ0v) is 13.8. The van der Waals surface area contributed by atoms with E-state index < -0.39 is 6.80 Å². The second-order valence-corrected chi connectivity index (χ2v) is 8.36. The molecule has 0 aliphatic carbocycles. The SMILES string of the molecule is CCOP(=O)(OCC)S[C@H](CC(C)=O)c1ccccc1. The minimum absolute atomic E-state index is 0.0471. The van der Waals surface area contributed by atoms with Crippen LogP contribution in [-0.2, 0) is 18.4 Å². The molecule has 0 amide bonds. The first kappa shape index (κ1) is 17.4. The zero-order chi connectivity index (χ0) is 15.0. The highest BCUT2D eigenvalue weighted by atomic mass is 32.7. The molecule has 0 heterocycles. The Balaban J connectivity index is 2.93. The van der Waals surface area contributed by atoms with Crippen LogP contribution in [0.15, 0.2) is 30.3 Å². The van der Waals surface area contributed by atoms with Crippen molar-refractivity contribution < 1.29 is 18.4 Å². The molecule has 20 heavy (non-hydrogen) atoms. The second-order valence-electron chi connectivity index (χ2n) is 4.19. The molecule has 0 spiro atoms. The van der Waals surface area contributed by atoms with Crippen LogP contribution in [0.5, 0.6) is 0 Å². The number of carbonyl (C=O) groups excluding carboxylic acids is 1. The van der Waals surface area contributed by atoms with Gasteiger partial charge < -0.3 is 9.05 Å². The number of ketones is 1. The highest BCUT2D eigenvalue weighted by Crippen LogP contribution is 2.66. The molecular weight excluding hydrogens is 295 g/mol. The van der Waals surface area contributed by atoms with Crippen LogP contribution in [0.2, 0.25) is 0 Å². The number of carbonyl (C=O) groups is 1. The van der Waals surface area contributed by atoms with E-state index in [1.54, 1.807) is 13.8 Å². The van der Waals surface area contributed by atoms with E-state index in [4.69, 9.17) is 9.05 Å². The maximum Gasteiger partial charge on any atom is 0.389 e. The van der Waals surface area contributed by atoms with Crippen LogP contribution in [0.4, 0.5) is 0 Å². The Morgan fingerprint density at radius 3 is 2.20 bits per heavy atom. The lowest BCUT2D eigenvalue weighted by atomic mass is 10.1. The number of rotatable bonds is 9. The quantitative estimate of drug-likeness (QED) is 0.622. The molecule has 0 bridgehead atoms. The van der Waals surface area contributed by atoms with Gasteiger partial charge in [-0.3, -0.25) is 4.79 Å². The Morgan fingerprint density at radius 2 is 1.75 bits per heavy atom. The van der Waals surface area contributed by atoms with Gasteiger partial charge in [-0.05, 0) is 37.7 Å². The monoisotopic (exact) mass is 316 g/mol. The number of hydrogen-bond donors (Lipinski definition) is 0. The fourth-order valence-corrected chi connectivity index (χ4v) is 5.96. The summed E-state index contributed by atoms with van der Waals surface area (Å²) in [5.41, 5.74) is 0.951. The number of Topliss-reactive ketones (excluding diaryl/α,β-unsaturated/α-hetero) is 1. The third-order valence-electron chi connectivity index (χ3n) is 2.47. The Kier molecular flexibility index (Phi) is 7.52. The van der Waals surface area contributed by atoms with Crippen LogP contribution in [0, 0.1) is 0 Å². The van der Waals surface area contributed by atoms with Gasteiger partial charge in [-0.25, -0.2) is 4.57 Å². The summed E-state index contributed by atoms with van der Waals surface area (Å²) in [4.78, 5) is 11.4. The van der Waals surface area contributed by atoms with Crippen molar-refractivity contribution in [3.8, 4) is 0 Å². The van der Waals surface area contributed by atoms with Gasteiger partial charge in [0.05, 0.1) is 13.2 Å². The lowest BCUT2D eigenvalue weighted by molar-refractivity contribution is -0.117. The lowest BCUT2D eigenvalue weighted by Gasteiger charge is -2.22. The van der Waals surface area contributed by atoms with Crippen LogP contribution in [0.3, 0.4) is 0 Å². The van der Waals surface area contributed by atoms with Crippen molar-refractivity contribution in [3.63, 3.8) is 0 Å². The molecule has 0 unspecified atom stereocenters. The van der Waals surface area contributed by atoms with Gasteiger partial charge in [0, 0.05) is 11.7 Å². The van der Waals surface area contributed by atoms with Crippen molar-refractivity contribution in [2.45, 2.75) is 32.4 Å². The van der Waals surface area contributed by atoms with Crippen molar-refractivity contribution in [3.05, 3.63) is 35.9 Å². The Labute approximate surface area is 124 Å². The summed E-state index contributed by atoms with van der Waals surface area (Å²) in [5.74, 6) is 0.0471. The molecule has 1 aromatic carbocycles. The van der Waals surface area contributed by atoms with Gasteiger partial charge in [0.1, 0.15) is 5.78 Å². The molecule has 1 aromatic rings. The molecular formula is C14H21O4PS. The fraction of sp³-hybridized carbons (Fsp3) is 0.500. The second kappa shape index (κ2) is 8.63. The summed E-state index contributed by atoms with van der Waals surface area (Å²) in [5, 5.41) is -0.224. The van der Waals surface area contributed by atoms with Crippen molar-refractivity contribution in [2.75, 3.05) is 13.2 Å². The summed E-state index contributed by atoms with van der Waals surface area (Å²) in [6.07, 6.45) is 0.304. The van der Waals surface area contributed by atoms with Gasteiger partial charge in [-0.2, -0.15) is 0 Å². The first-order valence-electron chi connectivity index (χ1n) is 6.62. The van der Waals surface area contributed by atoms with Crippen LogP contribution in [0.25, 0.3) is 0 Å². The van der Waals surface area contributed by atoms with Crippen molar-refractivity contribution in [1.29, 1.82) is 0 Å². The van der Waals surface area contributed by atoms with Crippen LogP contribution in [-0.4, -0.2) is 19.0 Å². The van der Waals surface area contributed by atoms with E-state index >= 15 is 0 Å². The van der Waals surface area contributed by atoms with Gasteiger partial charge in [-0.15, -0.1) is 0 Å². The molecule has 112 valence electrons. The highest BCUT2D eigenvalue weighted by molar-refractivity contribution is 8.55. The molecule has 1 atom stereocenters. The van der Waals surface area contributed by atoms with E-state index in [-0.39, 0.29) is 11.0 Å². The molecule has 0 saturated heterocycles. The van der Waals surface area contributed by atoms with Gasteiger partial charge in [0.25, 0.3) is 0 Å². The maximum absolute atomic E-state index is 12.6. The summed E-state index contributed by atoms with van der Waals surface area (Å²) in [7, 11) is 0. The van der Waals surface area contributed by atoms with Crippen molar-refractivity contribution >= 4 is 24.0 Å². The summed E-state index contributed by atoms with van der Waals surface area (Å²) >= 11 is 1.11. The van der Waals surface area contributed by atoms with Gasteiger partial charge in [0.15, 0.2) is 0 Å². The first-order chi connectivity index (χ1) is 9.50. The van der Waals surface area contributed by atoms with E-state index in [2.05, 4.69) is 0 Å². The van der Waals surface area contributed by atoms with Crippen LogP contribution >= 0.6 is 18.2 Å².